The van der Waals surface area contributed by atoms with Gasteiger partial charge in [-0.25, -0.2) is 4.79 Å². The quantitative estimate of drug-likeness (QED) is 0.500. The Morgan fingerprint density at radius 1 is 1.17 bits per heavy atom. The molecule has 6 nitrogen and oxygen atoms in total. The molecule has 1 heterocycles. The Hall–Kier alpha value is -3.15. The van der Waals surface area contributed by atoms with Crippen LogP contribution in [-0.2, 0) is 14.3 Å². The first-order valence-electron chi connectivity index (χ1n) is 7.30. The first-order chi connectivity index (χ1) is 11.5. The van der Waals surface area contributed by atoms with Gasteiger partial charge in [0.2, 0.25) is 0 Å². The smallest absolute Gasteiger partial charge is 0.331 e. The summed E-state index contributed by atoms with van der Waals surface area (Å²) in [6.07, 6.45) is 3.15. The maximum absolute atomic E-state index is 12.0. The van der Waals surface area contributed by atoms with Crippen LogP contribution in [0.1, 0.15) is 30.0 Å². The number of amides is 1. The Morgan fingerprint density at radius 3 is 2.46 bits per heavy atom. The van der Waals surface area contributed by atoms with Crippen LogP contribution in [0.5, 0.6) is 0 Å². The number of anilines is 1. The number of nitrogens with one attached hydrogen (secondary N) is 1. The van der Waals surface area contributed by atoms with Crippen molar-refractivity contribution in [3.05, 3.63) is 60.1 Å². The number of Topliss-reactive ketones (excluding diaryl/α,β-unsaturated/α-hetero) is 1. The van der Waals surface area contributed by atoms with Gasteiger partial charge in [-0.3, -0.25) is 9.59 Å². The number of carbonyl (C=O) groups is 3. The minimum Gasteiger partial charge on any atom is -0.465 e. The van der Waals surface area contributed by atoms with Crippen LogP contribution in [0.3, 0.4) is 0 Å². The maximum atomic E-state index is 12.0. The summed E-state index contributed by atoms with van der Waals surface area (Å²) in [6, 6.07) is 9.82. The summed E-state index contributed by atoms with van der Waals surface area (Å²) in [5.41, 5.74) is 1.06. The lowest BCUT2D eigenvalue weighted by Crippen LogP contribution is -2.29. The number of ether oxygens (including phenoxy) is 1. The molecule has 0 spiro atoms. The van der Waals surface area contributed by atoms with Crippen molar-refractivity contribution in [2.75, 3.05) is 5.32 Å². The van der Waals surface area contributed by atoms with Crippen molar-refractivity contribution >= 4 is 29.4 Å². The van der Waals surface area contributed by atoms with Crippen LogP contribution in [0.25, 0.3) is 6.08 Å². The molecule has 0 aliphatic carbocycles. The van der Waals surface area contributed by atoms with Crippen LogP contribution in [-0.4, -0.2) is 23.8 Å². The lowest BCUT2D eigenvalue weighted by atomic mass is 10.1. The number of carbonyl (C=O) groups excluding carboxylic acids is 3. The van der Waals surface area contributed by atoms with Gasteiger partial charge < -0.3 is 14.5 Å². The Morgan fingerprint density at radius 2 is 1.88 bits per heavy atom. The van der Waals surface area contributed by atoms with Gasteiger partial charge in [0.25, 0.3) is 5.91 Å². The molecule has 0 saturated heterocycles. The summed E-state index contributed by atoms with van der Waals surface area (Å²) in [6.45, 7) is 2.93. The van der Waals surface area contributed by atoms with Gasteiger partial charge in [0.1, 0.15) is 5.76 Å². The Labute approximate surface area is 139 Å². The van der Waals surface area contributed by atoms with E-state index in [1.807, 2.05) is 0 Å². The summed E-state index contributed by atoms with van der Waals surface area (Å²) in [4.78, 5) is 34.9. The standard InChI is InChI=1S/C18H17NO5/c1-12(20)14-5-7-15(8-6-14)19-18(22)13(2)24-17(21)10-9-16-4-3-11-23-16/h3-11,13H,1-2H3,(H,19,22)/b10-9+/t13-/m0/s1. The topological polar surface area (TPSA) is 85.6 Å². The van der Waals surface area contributed by atoms with E-state index in [9.17, 15) is 14.4 Å². The average Bonchev–Trinajstić information content (AvgIpc) is 3.06. The zero-order valence-electron chi connectivity index (χ0n) is 13.3. The number of hydrogen-bond donors (Lipinski definition) is 1. The highest BCUT2D eigenvalue weighted by Gasteiger charge is 2.16. The summed E-state index contributed by atoms with van der Waals surface area (Å²) in [5.74, 6) is -0.667. The molecule has 0 aliphatic heterocycles. The summed E-state index contributed by atoms with van der Waals surface area (Å²) in [5, 5.41) is 2.61. The fraction of sp³-hybridized carbons (Fsp3) is 0.167. The van der Waals surface area contributed by atoms with Crippen molar-refractivity contribution in [3.8, 4) is 0 Å². The molecule has 0 fully saturated rings. The van der Waals surface area contributed by atoms with Gasteiger partial charge in [0, 0.05) is 17.3 Å². The van der Waals surface area contributed by atoms with Crippen LogP contribution in [0.15, 0.2) is 53.2 Å². The number of esters is 1. The molecule has 0 unspecified atom stereocenters. The summed E-state index contributed by atoms with van der Waals surface area (Å²) < 4.78 is 10.1. The largest absolute Gasteiger partial charge is 0.465 e. The zero-order chi connectivity index (χ0) is 17.5. The van der Waals surface area contributed by atoms with Crippen LogP contribution < -0.4 is 5.32 Å². The molecule has 24 heavy (non-hydrogen) atoms. The minimum atomic E-state index is -0.966. The maximum Gasteiger partial charge on any atom is 0.331 e. The molecule has 1 aromatic heterocycles. The number of ketones is 1. The highest BCUT2D eigenvalue weighted by atomic mass is 16.5. The third-order valence-corrected chi connectivity index (χ3v) is 3.15. The van der Waals surface area contributed by atoms with Gasteiger partial charge in [-0.2, -0.15) is 0 Å². The van der Waals surface area contributed by atoms with E-state index in [-0.39, 0.29) is 5.78 Å². The number of rotatable bonds is 6. The van der Waals surface area contributed by atoms with E-state index in [0.717, 1.165) is 0 Å². The Kier molecular flexibility index (Phi) is 5.68. The second-order valence-corrected chi connectivity index (χ2v) is 5.05. The Bertz CT molecular complexity index is 744. The highest BCUT2D eigenvalue weighted by Crippen LogP contribution is 2.11. The predicted octanol–water partition coefficient (Wildman–Crippen LogP) is 3.07. The molecule has 1 aromatic carbocycles. The van der Waals surface area contributed by atoms with E-state index < -0.39 is 18.0 Å². The van der Waals surface area contributed by atoms with Gasteiger partial charge in [-0.15, -0.1) is 0 Å². The highest BCUT2D eigenvalue weighted by molar-refractivity contribution is 5.98. The van der Waals surface area contributed by atoms with Crippen LogP contribution in [0, 0.1) is 0 Å². The number of benzene rings is 1. The third-order valence-electron chi connectivity index (χ3n) is 3.15. The van der Waals surface area contributed by atoms with Gasteiger partial charge >= 0.3 is 5.97 Å². The fourth-order valence-electron chi connectivity index (χ4n) is 1.84. The van der Waals surface area contributed by atoms with Gasteiger partial charge in [0.15, 0.2) is 11.9 Å². The van der Waals surface area contributed by atoms with Gasteiger partial charge in [-0.05, 0) is 56.3 Å². The van der Waals surface area contributed by atoms with E-state index in [0.29, 0.717) is 17.0 Å². The average molecular weight is 327 g/mol. The first kappa shape index (κ1) is 17.2. The molecule has 0 bridgehead atoms. The van der Waals surface area contributed by atoms with Crippen molar-refractivity contribution in [1.82, 2.24) is 0 Å². The SMILES string of the molecule is CC(=O)c1ccc(NC(=O)[C@H](C)OC(=O)/C=C/c2ccco2)cc1. The van der Waals surface area contributed by atoms with Crippen molar-refractivity contribution in [1.29, 1.82) is 0 Å². The molecule has 0 saturated carbocycles. The molecule has 1 N–H and O–H groups in total. The minimum absolute atomic E-state index is 0.0569. The molecular weight excluding hydrogens is 310 g/mol. The molecule has 1 amide bonds. The van der Waals surface area contributed by atoms with E-state index in [1.165, 1.54) is 32.3 Å². The molecular formula is C18H17NO5. The van der Waals surface area contributed by atoms with Gasteiger partial charge in [-0.1, -0.05) is 0 Å². The van der Waals surface area contributed by atoms with Crippen molar-refractivity contribution in [2.24, 2.45) is 0 Å². The summed E-state index contributed by atoms with van der Waals surface area (Å²) in [7, 11) is 0. The lowest BCUT2D eigenvalue weighted by molar-refractivity contribution is -0.148. The molecule has 0 aliphatic rings. The van der Waals surface area contributed by atoms with Crippen molar-refractivity contribution < 1.29 is 23.5 Å². The van der Waals surface area contributed by atoms with E-state index in [4.69, 9.17) is 9.15 Å². The van der Waals surface area contributed by atoms with Crippen LogP contribution in [0.2, 0.25) is 0 Å². The summed E-state index contributed by atoms with van der Waals surface area (Å²) >= 11 is 0. The first-order valence-corrected chi connectivity index (χ1v) is 7.30. The second kappa shape index (κ2) is 7.92. The number of furan rings is 1. The predicted molar refractivity (Wildman–Crippen MR) is 88.4 cm³/mol. The lowest BCUT2D eigenvalue weighted by Gasteiger charge is -2.12. The molecule has 1 atom stereocenters. The van der Waals surface area contributed by atoms with E-state index in [1.54, 1.807) is 36.4 Å². The van der Waals surface area contributed by atoms with Crippen molar-refractivity contribution in [3.63, 3.8) is 0 Å². The number of hydrogen-bond acceptors (Lipinski definition) is 5. The third kappa shape index (κ3) is 4.95. The molecule has 0 radical (unpaired) electrons. The molecule has 6 heteroatoms. The van der Waals surface area contributed by atoms with E-state index >= 15 is 0 Å². The second-order valence-electron chi connectivity index (χ2n) is 5.05. The zero-order valence-corrected chi connectivity index (χ0v) is 13.3. The normalized spacial score (nSPS) is 11.9. The van der Waals surface area contributed by atoms with Crippen molar-refractivity contribution in [2.45, 2.75) is 20.0 Å². The van der Waals surface area contributed by atoms with Crippen LogP contribution in [0.4, 0.5) is 5.69 Å². The van der Waals surface area contributed by atoms with Crippen LogP contribution >= 0.6 is 0 Å². The fourth-order valence-corrected chi connectivity index (χ4v) is 1.84. The molecule has 2 aromatic rings. The Balaban J connectivity index is 1.87. The van der Waals surface area contributed by atoms with Gasteiger partial charge in [0.05, 0.1) is 6.26 Å². The molecule has 124 valence electrons. The van der Waals surface area contributed by atoms with E-state index in [2.05, 4.69) is 5.32 Å². The monoisotopic (exact) mass is 327 g/mol. The molecule has 2 rings (SSSR count).